The molecule has 0 spiro atoms. The summed E-state index contributed by atoms with van der Waals surface area (Å²) in [6.45, 7) is 4.55. The first kappa shape index (κ1) is 22.5. The molecule has 1 aliphatic rings. The predicted molar refractivity (Wildman–Crippen MR) is 137 cm³/mol. The van der Waals surface area contributed by atoms with Crippen molar-refractivity contribution in [1.82, 2.24) is 0 Å². The summed E-state index contributed by atoms with van der Waals surface area (Å²) >= 11 is 0. The van der Waals surface area contributed by atoms with Gasteiger partial charge < -0.3 is 19.5 Å². The molecule has 5 nitrogen and oxygen atoms in total. The van der Waals surface area contributed by atoms with Gasteiger partial charge in [-0.2, -0.15) is 0 Å². The number of ether oxygens (including phenoxy) is 3. The smallest absolute Gasteiger partial charge is 0.255 e. The highest BCUT2D eigenvalue weighted by Gasteiger charge is 2.32. The van der Waals surface area contributed by atoms with Gasteiger partial charge in [-0.1, -0.05) is 42.5 Å². The zero-order valence-electron chi connectivity index (χ0n) is 19.8. The van der Waals surface area contributed by atoms with Crippen molar-refractivity contribution in [3.05, 3.63) is 114 Å². The molecule has 4 aromatic rings. The third-order valence-electron chi connectivity index (χ3n) is 5.76. The molecular formula is C30H27NO4. The standard InChI is InChI=1S/C30H27NO4/c1-30(2)19-23-7-6-10-27(28(23)35-30)33-20-21-11-13-22(14-12-21)29(32)31-24-15-17-26(18-16-24)34-25-8-4-3-5-9-25/h3-18H,19-20H2,1-2H3,(H,31,32). The Morgan fingerprint density at radius 1 is 0.857 bits per heavy atom. The van der Waals surface area contributed by atoms with Crippen molar-refractivity contribution < 1.29 is 19.0 Å². The highest BCUT2D eigenvalue weighted by molar-refractivity contribution is 6.04. The third kappa shape index (κ3) is 5.46. The Balaban J connectivity index is 1.17. The van der Waals surface area contributed by atoms with E-state index in [1.165, 1.54) is 5.56 Å². The number of anilines is 1. The predicted octanol–water partition coefficient (Wildman–Crippen LogP) is 7.02. The van der Waals surface area contributed by atoms with Crippen LogP contribution in [0, 0.1) is 0 Å². The zero-order valence-corrected chi connectivity index (χ0v) is 19.8. The first-order valence-electron chi connectivity index (χ1n) is 11.6. The van der Waals surface area contributed by atoms with Crippen LogP contribution < -0.4 is 19.5 Å². The van der Waals surface area contributed by atoms with Crippen LogP contribution in [-0.2, 0) is 13.0 Å². The lowest BCUT2D eigenvalue weighted by Gasteiger charge is -2.18. The molecular weight excluding hydrogens is 438 g/mol. The second kappa shape index (κ2) is 9.55. The second-order valence-electron chi connectivity index (χ2n) is 9.16. The molecule has 0 atom stereocenters. The summed E-state index contributed by atoms with van der Waals surface area (Å²) < 4.78 is 17.9. The molecule has 1 amide bonds. The highest BCUT2D eigenvalue weighted by atomic mass is 16.5. The number of carbonyl (C=O) groups excluding carboxylic acids is 1. The molecule has 4 aromatic carbocycles. The van der Waals surface area contributed by atoms with E-state index >= 15 is 0 Å². The molecule has 0 aromatic heterocycles. The molecule has 0 unspecified atom stereocenters. The fourth-order valence-corrected chi connectivity index (χ4v) is 4.05. The van der Waals surface area contributed by atoms with Crippen LogP contribution in [-0.4, -0.2) is 11.5 Å². The maximum Gasteiger partial charge on any atom is 0.255 e. The average Bonchev–Trinajstić information content (AvgIpc) is 3.19. The van der Waals surface area contributed by atoms with E-state index < -0.39 is 0 Å². The van der Waals surface area contributed by atoms with Crippen molar-refractivity contribution >= 4 is 11.6 Å². The van der Waals surface area contributed by atoms with Gasteiger partial charge in [0.1, 0.15) is 23.7 Å². The Morgan fingerprint density at radius 2 is 1.57 bits per heavy atom. The Morgan fingerprint density at radius 3 is 2.31 bits per heavy atom. The summed E-state index contributed by atoms with van der Waals surface area (Å²) in [5.74, 6) is 2.87. The molecule has 1 aliphatic heterocycles. The number of carbonyl (C=O) groups is 1. The van der Waals surface area contributed by atoms with Crippen molar-refractivity contribution in [1.29, 1.82) is 0 Å². The molecule has 35 heavy (non-hydrogen) atoms. The van der Waals surface area contributed by atoms with Crippen LogP contribution in [0.4, 0.5) is 5.69 Å². The summed E-state index contributed by atoms with van der Waals surface area (Å²) in [7, 11) is 0. The van der Waals surface area contributed by atoms with Crippen molar-refractivity contribution in [2.75, 3.05) is 5.32 Å². The van der Waals surface area contributed by atoms with E-state index in [0.717, 1.165) is 29.2 Å². The quantitative estimate of drug-likeness (QED) is 0.319. The molecule has 0 aliphatic carbocycles. The molecule has 0 fully saturated rings. The second-order valence-corrected chi connectivity index (χ2v) is 9.16. The molecule has 176 valence electrons. The average molecular weight is 466 g/mol. The zero-order chi connectivity index (χ0) is 24.3. The number of para-hydroxylation sites is 2. The van der Waals surface area contributed by atoms with E-state index in [4.69, 9.17) is 14.2 Å². The van der Waals surface area contributed by atoms with Crippen molar-refractivity contribution in [3.63, 3.8) is 0 Å². The number of amides is 1. The third-order valence-corrected chi connectivity index (χ3v) is 5.76. The lowest BCUT2D eigenvalue weighted by molar-refractivity contribution is 0.102. The molecule has 0 saturated heterocycles. The summed E-state index contributed by atoms with van der Waals surface area (Å²) in [6.07, 6.45) is 0.867. The van der Waals surface area contributed by atoms with Gasteiger partial charge >= 0.3 is 0 Å². The molecule has 5 heteroatoms. The van der Waals surface area contributed by atoms with Crippen LogP contribution >= 0.6 is 0 Å². The highest BCUT2D eigenvalue weighted by Crippen LogP contribution is 2.42. The maximum atomic E-state index is 12.7. The van der Waals surface area contributed by atoms with Gasteiger partial charge in [0.25, 0.3) is 5.91 Å². The van der Waals surface area contributed by atoms with Gasteiger partial charge in [-0.25, -0.2) is 0 Å². The number of benzene rings is 4. The number of rotatable bonds is 7. The molecule has 5 rings (SSSR count). The summed E-state index contributed by atoms with van der Waals surface area (Å²) in [5.41, 5.74) is 3.19. The van der Waals surface area contributed by atoms with Crippen molar-refractivity contribution in [3.8, 4) is 23.0 Å². The van der Waals surface area contributed by atoms with Gasteiger partial charge in [-0.05, 0) is 74.0 Å². The summed E-state index contributed by atoms with van der Waals surface area (Å²) in [6, 6.07) is 30.3. The van der Waals surface area contributed by atoms with Crippen LogP contribution in [0.15, 0.2) is 97.1 Å². The van der Waals surface area contributed by atoms with E-state index in [2.05, 4.69) is 25.2 Å². The fraction of sp³-hybridized carbons (Fsp3) is 0.167. The normalized spacial score (nSPS) is 13.4. The van der Waals surface area contributed by atoms with Gasteiger partial charge in [0, 0.05) is 23.2 Å². The van der Waals surface area contributed by atoms with E-state index in [-0.39, 0.29) is 11.5 Å². The SMILES string of the molecule is CC1(C)Cc2cccc(OCc3ccc(C(=O)Nc4ccc(Oc5ccccc5)cc4)cc3)c2O1. The van der Waals surface area contributed by atoms with E-state index in [9.17, 15) is 4.79 Å². The van der Waals surface area contributed by atoms with Crippen LogP contribution in [0.1, 0.15) is 35.3 Å². The minimum Gasteiger partial charge on any atom is -0.485 e. The largest absolute Gasteiger partial charge is 0.485 e. The van der Waals surface area contributed by atoms with E-state index in [1.54, 1.807) is 12.1 Å². The Hall–Kier alpha value is -4.25. The minimum atomic E-state index is -0.216. The molecule has 0 bridgehead atoms. The van der Waals surface area contributed by atoms with Gasteiger partial charge in [0.15, 0.2) is 11.5 Å². The van der Waals surface area contributed by atoms with Crippen molar-refractivity contribution in [2.24, 2.45) is 0 Å². The van der Waals surface area contributed by atoms with Gasteiger partial charge in [-0.3, -0.25) is 4.79 Å². The summed E-state index contributed by atoms with van der Waals surface area (Å²) in [5, 5.41) is 2.92. The van der Waals surface area contributed by atoms with E-state index in [1.807, 2.05) is 78.9 Å². The number of fused-ring (bicyclic) bond motifs is 1. The van der Waals surface area contributed by atoms with Gasteiger partial charge in [0.05, 0.1) is 0 Å². The van der Waals surface area contributed by atoms with Crippen LogP contribution in [0.2, 0.25) is 0 Å². The number of hydrogen-bond acceptors (Lipinski definition) is 4. The number of nitrogens with one attached hydrogen (secondary N) is 1. The van der Waals surface area contributed by atoms with Crippen molar-refractivity contribution in [2.45, 2.75) is 32.5 Å². The number of hydrogen-bond donors (Lipinski definition) is 1. The first-order chi connectivity index (χ1) is 16.9. The topological polar surface area (TPSA) is 56.8 Å². The lowest BCUT2D eigenvalue weighted by Crippen LogP contribution is -2.24. The van der Waals surface area contributed by atoms with E-state index in [0.29, 0.717) is 23.6 Å². The fourth-order valence-electron chi connectivity index (χ4n) is 4.05. The maximum absolute atomic E-state index is 12.7. The van der Waals surface area contributed by atoms with Gasteiger partial charge in [0.2, 0.25) is 0 Å². The van der Waals surface area contributed by atoms with Crippen LogP contribution in [0.25, 0.3) is 0 Å². The Labute approximate surface area is 205 Å². The Bertz CT molecular complexity index is 1310. The monoisotopic (exact) mass is 465 g/mol. The first-order valence-corrected chi connectivity index (χ1v) is 11.6. The summed E-state index contributed by atoms with van der Waals surface area (Å²) in [4.78, 5) is 12.7. The van der Waals surface area contributed by atoms with Crippen LogP contribution in [0.3, 0.4) is 0 Å². The lowest BCUT2D eigenvalue weighted by atomic mass is 10.0. The minimum absolute atomic E-state index is 0.175. The Kier molecular flexibility index (Phi) is 6.15. The molecule has 0 saturated carbocycles. The van der Waals surface area contributed by atoms with Gasteiger partial charge in [-0.15, -0.1) is 0 Å². The van der Waals surface area contributed by atoms with Crippen LogP contribution in [0.5, 0.6) is 23.0 Å². The molecule has 1 heterocycles. The molecule has 1 N–H and O–H groups in total. The molecule has 0 radical (unpaired) electrons.